The van der Waals surface area contributed by atoms with Crippen LogP contribution in [-0.4, -0.2) is 50.8 Å². The number of nitrogens with zero attached hydrogens (tertiary/aromatic N) is 3. The summed E-state index contributed by atoms with van der Waals surface area (Å²) in [4.78, 5) is 48.0. The fourth-order valence-electron chi connectivity index (χ4n) is 3.68. The van der Waals surface area contributed by atoms with Gasteiger partial charge in [0.25, 0.3) is 5.91 Å². The van der Waals surface area contributed by atoms with Crippen molar-refractivity contribution in [3.63, 3.8) is 0 Å². The van der Waals surface area contributed by atoms with Crippen molar-refractivity contribution >= 4 is 40.0 Å². The first kappa shape index (κ1) is 19.3. The Bertz CT molecular complexity index is 976. The first-order valence-corrected chi connectivity index (χ1v) is 10.3. The highest BCUT2D eigenvalue weighted by molar-refractivity contribution is 7.13. The van der Waals surface area contributed by atoms with Crippen LogP contribution in [0, 0.1) is 6.92 Å². The third kappa shape index (κ3) is 3.80. The summed E-state index contributed by atoms with van der Waals surface area (Å²) in [7, 11) is 0. The van der Waals surface area contributed by atoms with E-state index >= 15 is 0 Å². The Labute approximate surface area is 171 Å². The van der Waals surface area contributed by atoms with E-state index in [0.29, 0.717) is 35.9 Å². The monoisotopic (exact) mass is 414 g/mol. The highest BCUT2D eigenvalue weighted by Crippen LogP contribution is 2.31. The first-order valence-electron chi connectivity index (χ1n) is 9.45. The lowest BCUT2D eigenvalue weighted by Crippen LogP contribution is -2.58. The minimum Gasteiger partial charge on any atom is -0.347 e. The van der Waals surface area contributed by atoms with Gasteiger partial charge < -0.3 is 20.9 Å². The molecule has 2 atom stereocenters. The molecule has 2 aliphatic rings. The summed E-state index contributed by atoms with van der Waals surface area (Å²) in [5, 5.41) is 11.4. The molecular weight excluding hydrogens is 392 g/mol. The highest BCUT2D eigenvalue weighted by atomic mass is 32.1. The molecule has 3 amide bonds. The molecule has 1 fully saturated rings. The van der Waals surface area contributed by atoms with Gasteiger partial charge in [-0.15, -0.1) is 11.3 Å². The molecule has 152 valence electrons. The van der Waals surface area contributed by atoms with E-state index in [1.165, 1.54) is 11.3 Å². The summed E-state index contributed by atoms with van der Waals surface area (Å²) < 4.78 is 0. The zero-order valence-electron chi connectivity index (χ0n) is 16.2. The number of likely N-dealkylation sites (tertiary alicyclic amines) is 1. The van der Waals surface area contributed by atoms with E-state index in [1.807, 2.05) is 12.3 Å². The van der Waals surface area contributed by atoms with E-state index < -0.39 is 11.7 Å². The highest BCUT2D eigenvalue weighted by Gasteiger charge is 2.42. The number of rotatable bonds is 3. The van der Waals surface area contributed by atoms with Gasteiger partial charge in [0.05, 0.1) is 11.3 Å². The van der Waals surface area contributed by atoms with Gasteiger partial charge in [-0.2, -0.15) is 0 Å². The zero-order valence-corrected chi connectivity index (χ0v) is 17.0. The molecule has 0 unspecified atom stereocenters. The van der Waals surface area contributed by atoms with Crippen LogP contribution in [0.2, 0.25) is 0 Å². The van der Waals surface area contributed by atoms with Crippen LogP contribution in [0.5, 0.6) is 0 Å². The standard InChI is InChI=1S/C19H22N6O3S/c1-11-10-29-18(21-11)22-16(27)12(2)25-9-7-19(6-5-14(25)26)23-15-13(17(28)24-19)4-3-8-20-15/h3-4,8,10,12H,5-7,9H2,1-2H3,(H,20,23)(H,24,28)(H,21,22,27)/t12-,19-/m1/s1. The van der Waals surface area contributed by atoms with Crippen molar-refractivity contribution in [1.82, 2.24) is 20.2 Å². The Morgan fingerprint density at radius 3 is 2.93 bits per heavy atom. The third-order valence-corrected chi connectivity index (χ3v) is 6.20. The lowest BCUT2D eigenvalue weighted by molar-refractivity contribution is -0.137. The topological polar surface area (TPSA) is 116 Å². The Kier molecular flexibility index (Phi) is 4.95. The van der Waals surface area contributed by atoms with E-state index in [2.05, 4.69) is 25.9 Å². The van der Waals surface area contributed by atoms with Crippen LogP contribution in [0.1, 0.15) is 42.2 Å². The molecule has 0 saturated carbocycles. The largest absolute Gasteiger partial charge is 0.347 e. The summed E-state index contributed by atoms with van der Waals surface area (Å²) in [6.45, 7) is 3.89. The van der Waals surface area contributed by atoms with E-state index in [-0.39, 0.29) is 24.1 Å². The maximum absolute atomic E-state index is 12.7. The fraction of sp³-hybridized carbons (Fsp3) is 0.421. The van der Waals surface area contributed by atoms with Gasteiger partial charge in [-0.05, 0) is 32.4 Å². The molecular formula is C19H22N6O3S. The van der Waals surface area contributed by atoms with Crippen molar-refractivity contribution in [2.24, 2.45) is 0 Å². The second-order valence-electron chi connectivity index (χ2n) is 7.36. The number of amides is 3. The van der Waals surface area contributed by atoms with Gasteiger partial charge in [0, 0.05) is 31.0 Å². The average Bonchev–Trinajstić information content (AvgIpc) is 3.04. The number of hydrogen-bond donors (Lipinski definition) is 3. The van der Waals surface area contributed by atoms with Gasteiger partial charge in [-0.3, -0.25) is 14.4 Å². The van der Waals surface area contributed by atoms with Crippen molar-refractivity contribution in [2.45, 2.75) is 44.8 Å². The molecule has 2 aromatic rings. The van der Waals surface area contributed by atoms with Crippen LogP contribution in [-0.2, 0) is 9.59 Å². The molecule has 2 aliphatic heterocycles. The van der Waals surface area contributed by atoms with Crippen molar-refractivity contribution < 1.29 is 14.4 Å². The maximum Gasteiger partial charge on any atom is 0.256 e. The van der Waals surface area contributed by atoms with Gasteiger partial charge in [-0.25, -0.2) is 9.97 Å². The van der Waals surface area contributed by atoms with Crippen LogP contribution in [0.25, 0.3) is 0 Å². The molecule has 1 saturated heterocycles. The Morgan fingerprint density at radius 1 is 1.34 bits per heavy atom. The molecule has 0 aliphatic carbocycles. The number of aromatic nitrogens is 2. The van der Waals surface area contributed by atoms with Crippen LogP contribution >= 0.6 is 11.3 Å². The molecule has 4 heterocycles. The third-order valence-electron chi connectivity index (χ3n) is 5.32. The minimum atomic E-state index is -0.758. The van der Waals surface area contributed by atoms with Gasteiger partial charge >= 0.3 is 0 Å². The average molecular weight is 414 g/mol. The van der Waals surface area contributed by atoms with E-state index in [1.54, 1.807) is 30.2 Å². The molecule has 10 heteroatoms. The fourth-order valence-corrected chi connectivity index (χ4v) is 4.37. The van der Waals surface area contributed by atoms with Crippen molar-refractivity contribution in [1.29, 1.82) is 0 Å². The Hall–Kier alpha value is -3.01. The van der Waals surface area contributed by atoms with Crippen LogP contribution in [0.4, 0.5) is 10.9 Å². The summed E-state index contributed by atoms with van der Waals surface area (Å²) in [5.41, 5.74) is 0.557. The molecule has 1 spiro atoms. The van der Waals surface area contributed by atoms with Gasteiger partial charge in [-0.1, -0.05) is 0 Å². The SMILES string of the molecule is Cc1csc(NC(=O)[C@@H](C)N2CC[C@@]3(CCC2=O)NC(=O)c2cccnc2N3)n1. The number of pyridine rings is 1. The van der Waals surface area contributed by atoms with Crippen molar-refractivity contribution in [3.05, 3.63) is 35.0 Å². The molecule has 4 rings (SSSR count). The van der Waals surface area contributed by atoms with E-state index in [0.717, 1.165) is 5.69 Å². The second kappa shape index (κ2) is 7.43. The van der Waals surface area contributed by atoms with Crippen molar-refractivity contribution in [3.8, 4) is 0 Å². The molecule has 0 radical (unpaired) electrons. The quantitative estimate of drug-likeness (QED) is 0.704. The Morgan fingerprint density at radius 2 is 2.17 bits per heavy atom. The molecule has 29 heavy (non-hydrogen) atoms. The van der Waals surface area contributed by atoms with Gasteiger partial charge in [0.2, 0.25) is 11.8 Å². The molecule has 2 aromatic heterocycles. The predicted octanol–water partition coefficient (Wildman–Crippen LogP) is 1.74. The number of carbonyl (C=O) groups is 3. The van der Waals surface area contributed by atoms with Crippen LogP contribution < -0.4 is 16.0 Å². The summed E-state index contributed by atoms with van der Waals surface area (Å²) in [5.74, 6) is -0.0984. The Balaban J connectivity index is 1.48. The van der Waals surface area contributed by atoms with Crippen LogP contribution in [0.3, 0.4) is 0 Å². The lowest BCUT2D eigenvalue weighted by atomic mass is 9.97. The van der Waals surface area contributed by atoms with Gasteiger partial charge in [0.15, 0.2) is 5.13 Å². The van der Waals surface area contributed by atoms with Crippen LogP contribution in [0.15, 0.2) is 23.7 Å². The number of anilines is 2. The molecule has 0 bridgehead atoms. The smallest absolute Gasteiger partial charge is 0.256 e. The van der Waals surface area contributed by atoms with E-state index in [9.17, 15) is 14.4 Å². The minimum absolute atomic E-state index is 0.122. The number of carbonyl (C=O) groups excluding carboxylic acids is 3. The zero-order chi connectivity index (χ0) is 20.6. The van der Waals surface area contributed by atoms with Gasteiger partial charge in [0.1, 0.15) is 17.5 Å². The summed E-state index contributed by atoms with van der Waals surface area (Å²) >= 11 is 1.35. The lowest BCUT2D eigenvalue weighted by Gasteiger charge is -2.39. The molecule has 0 aromatic carbocycles. The number of fused-ring (bicyclic) bond motifs is 1. The normalized spacial score (nSPS) is 22.3. The first-order chi connectivity index (χ1) is 13.9. The van der Waals surface area contributed by atoms with E-state index in [4.69, 9.17) is 0 Å². The second-order valence-corrected chi connectivity index (χ2v) is 8.22. The summed E-state index contributed by atoms with van der Waals surface area (Å²) in [6.07, 6.45) is 2.72. The van der Waals surface area contributed by atoms with Crippen molar-refractivity contribution in [2.75, 3.05) is 17.2 Å². The molecule has 3 N–H and O–H groups in total. The number of thiazole rings is 1. The summed E-state index contributed by atoms with van der Waals surface area (Å²) in [6, 6.07) is 2.77. The number of nitrogens with one attached hydrogen (secondary N) is 3. The molecule has 9 nitrogen and oxygen atoms in total. The maximum atomic E-state index is 12.7. The number of hydrogen-bond acceptors (Lipinski definition) is 7. The number of aryl methyl sites for hydroxylation is 1. The predicted molar refractivity (Wildman–Crippen MR) is 109 cm³/mol.